The fraction of sp³-hybridized carbons (Fsp3) is 0.417. The first kappa shape index (κ1) is 13.4. The fourth-order valence-corrected chi connectivity index (χ4v) is 1.34. The maximum Gasteiger partial charge on any atom is 0.338 e. The van der Waals surface area contributed by atoms with E-state index in [0.29, 0.717) is 5.69 Å². The molecule has 2 atom stereocenters. The van der Waals surface area contributed by atoms with Crippen molar-refractivity contribution in [1.82, 2.24) is 0 Å². The summed E-state index contributed by atoms with van der Waals surface area (Å²) in [6, 6.07) is 3.84. The number of hydrogen-bond donors (Lipinski definition) is 3. The second-order valence-corrected chi connectivity index (χ2v) is 4.09. The average molecular weight is 241 g/mol. The van der Waals surface area contributed by atoms with Gasteiger partial charge in [0.15, 0.2) is 0 Å². The molecule has 94 valence electrons. The van der Waals surface area contributed by atoms with Gasteiger partial charge in [0.1, 0.15) is 5.82 Å². The third-order valence-electron chi connectivity index (χ3n) is 2.74. The minimum absolute atomic E-state index is 0.0252. The van der Waals surface area contributed by atoms with Crippen molar-refractivity contribution >= 4 is 11.7 Å². The first-order valence-electron chi connectivity index (χ1n) is 5.36. The Morgan fingerprint density at radius 3 is 2.59 bits per heavy atom. The lowest BCUT2D eigenvalue weighted by Gasteiger charge is -2.20. The number of carboxylic acid groups (broad SMARTS) is 1. The van der Waals surface area contributed by atoms with E-state index in [1.165, 1.54) is 12.1 Å². The molecule has 0 amide bonds. The molecular formula is C12H16FNO3. The van der Waals surface area contributed by atoms with E-state index in [0.717, 1.165) is 6.07 Å². The molecule has 3 N–H and O–H groups in total. The van der Waals surface area contributed by atoms with Crippen LogP contribution < -0.4 is 5.32 Å². The number of carbonyl (C=O) groups is 1. The Bertz CT molecular complexity index is 409. The number of carboxylic acids is 1. The molecule has 0 spiro atoms. The monoisotopic (exact) mass is 241 g/mol. The zero-order chi connectivity index (χ0) is 13.0. The first-order valence-corrected chi connectivity index (χ1v) is 5.36. The maximum absolute atomic E-state index is 13.4. The second kappa shape index (κ2) is 5.63. The third-order valence-corrected chi connectivity index (χ3v) is 2.74. The van der Waals surface area contributed by atoms with Crippen molar-refractivity contribution in [3.8, 4) is 0 Å². The zero-order valence-corrected chi connectivity index (χ0v) is 9.77. The lowest BCUT2D eigenvalue weighted by Crippen LogP contribution is -2.26. The second-order valence-electron chi connectivity index (χ2n) is 4.09. The van der Waals surface area contributed by atoms with Crippen LogP contribution in [0.2, 0.25) is 0 Å². The molecule has 0 saturated carbocycles. The van der Waals surface area contributed by atoms with Gasteiger partial charge in [-0.3, -0.25) is 0 Å². The molecule has 0 radical (unpaired) electrons. The van der Waals surface area contributed by atoms with Gasteiger partial charge in [-0.1, -0.05) is 6.92 Å². The number of rotatable bonds is 5. The van der Waals surface area contributed by atoms with Crippen molar-refractivity contribution in [3.63, 3.8) is 0 Å². The van der Waals surface area contributed by atoms with Crippen LogP contribution in [-0.2, 0) is 0 Å². The molecule has 4 nitrogen and oxygen atoms in total. The van der Waals surface area contributed by atoms with Crippen LogP contribution in [0.4, 0.5) is 10.1 Å². The number of aromatic carboxylic acids is 1. The lowest BCUT2D eigenvalue weighted by atomic mass is 10.0. The molecule has 0 aliphatic heterocycles. The molecular weight excluding hydrogens is 225 g/mol. The van der Waals surface area contributed by atoms with Gasteiger partial charge in [-0.2, -0.15) is 0 Å². The van der Waals surface area contributed by atoms with Crippen molar-refractivity contribution in [2.75, 3.05) is 11.9 Å². The molecule has 0 aliphatic rings. The van der Waals surface area contributed by atoms with Gasteiger partial charge < -0.3 is 15.5 Å². The Balaban J connectivity index is 2.81. The van der Waals surface area contributed by atoms with Crippen LogP contribution in [0.1, 0.15) is 24.2 Å². The highest BCUT2D eigenvalue weighted by molar-refractivity contribution is 5.88. The standard InChI is InChI=1S/C12H16FNO3/c1-7(6-15)8(2)14-9-3-4-10(12(16)17)11(13)5-9/h3-5,7-8,14-15H,6H2,1-2H3,(H,16,17). The molecule has 1 aromatic rings. The van der Waals surface area contributed by atoms with E-state index in [4.69, 9.17) is 10.2 Å². The molecule has 0 fully saturated rings. The molecule has 17 heavy (non-hydrogen) atoms. The lowest BCUT2D eigenvalue weighted by molar-refractivity contribution is 0.0692. The maximum atomic E-state index is 13.4. The van der Waals surface area contributed by atoms with Gasteiger partial charge in [0.05, 0.1) is 5.56 Å². The Hall–Kier alpha value is -1.62. The highest BCUT2D eigenvalue weighted by Crippen LogP contribution is 2.17. The van der Waals surface area contributed by atoms with Gasteiger partial charge in [-0.15, -0.1) is 0 Å². The van der Waals surface area contributed by atoms with E-state index in [1.54, 1.807) is 0 Å². The van der Waals surface area contributed by atoms with Gasteiger partial charge >= 0.3 is 5.97 Å². The van der Waals surface area contributed by atoms with Gasteiger partial charge in [0, 0.05) is 18.3 Å². The van der Waals surface area contributed by atoms with Gasteiger partial charge in [-0.05, 0) is 31.0 Å². The number of aliphatic hydroxyl groups excluding tert-OH is 1. The van der Waals surface area contributed by atoms with Crippen LogP contribution >= 0.6 is 0 Å². The highest BCUT2D eigenvalue weighted by atomic mass is 19.1. The van der Waals surface area contributed by atoms with E-state index < -0.39 is 11.8 Å². The van der Waals surface area contributed by atoms with Crippen LogP contribution in [0.3, 0.4) is 0 Å². The van der Waals surface area contributed by atoms with Gasteiger partial charge in [0.25, 0.3) is 0 Å². The number of halogens is 1. The molecule has 0 saturated heterocycles. The topological polar surface area (TPSA) is 69.6 Å². The zero-order valence-electron chi connectivity index (χ0n) is 9.77. The average Bonchev–Trinajstić information content (AvgIpc) is 2.27. The number of hydrogen-bond acceptors (Lipinski definition) is 3. The number of aliphatic hydroxyl groups is 1. The Labute approximate surface area is 99.1 Å². The summed E-state index contributed by atoms with van der Waals surface area (Å²) in [5.41, 5.74) is 0.152. The molecule has 5 heteroatoms. The molecule has 0 heterocycles. The Morgan fingerprint density at radius 1 is 1.47 bits per heavy atom. The Morgan fingerprint density at radius 2 is 2.12 bits per heavy atom. The highest BCUT2D eigenvalue weighted by Gasteiger charge is 2.13. The molecule has 2 unspecified atom stereocenters. The molecule has 0 bridgehead atoms. The van der Waals surface area contributed by atoms with Gasteiger partial charge in [-0.25, -0.2) is 9.18 Å². The predicted octanol–water partition coefficient (Wildman–Crippen LogP) is 1.95. The van der Waals surface area contributed by atoms with Crippen LogP contribution in [0, 0.1) is 11.7 Å². The summed E-state index contributed by atoms with van der Waals surface area (Å²) in [6.07, 6.45) is 0. The summed E-state index contributed by atoms with van der Waals surface area (Å²) in [5, 5.41) is 20.6. The minimum atomic E-state index is -1.29. The van der Waals surface area contributed by atoms with Crippen LogP contribution in [0.15, 0.2) is 18.2 Å². The van der Waals surface area contributed by atoms with E-state index in [9.17, 15) is 9.18 Å². The van der Waals surface area contributed by atoms with Crippen molar-refractivity contribution in [2.24, 2.45) is 5.92 Å². The number of nitrogens with one attached hydrogen (secondary N) is 1. The van der Waals surface area contributed by atoms with Crippen LogP contribution in [0.25, 0.3) is 0 Å². The summed E-state index contributed by atoms with van der Waals surface area (Å²) >= 11 is 0. The summed E-state index contributed by atoms with van der Waals surface area (Å²) in [7, 11) is 0. The molecule has 0 aromatic heterocycles. The van der Waals surface area contributed by atoms with Crippen LogP contribution in [0.5, 0.6) is 0 Å². The molecule has 1 aromatic carbocycles. The predicted molar refractivity (Wildman–Crippen MR) is 62.7 cm³/mol. The Kier molecular flexibility index (Phi) is 4.45. The summed E-state index contributed by atoms with van der Waals surface area (Å²) in [5.74, 6) is -2.03. The van der Waals surface area contributed by atoms with E-state index in [-0.39, 0.29) is 24.1 Å². The normalized spacial score (nSPS) is 14.1. The number of anilines is 1. The largest absolute Gasteiger partial charge is 0.478 e. The van der Waals surface area contributed by atoms with Crippen molar-refractivity contribution in [1.29, 1.82) is 0 Å². The minimum Gasteiger partial charge on any atom is -0.478 e. The summed E-state index contributed by atoms with van der Waals surface area (Å²) in [4.78, 5) is 10.6. The summed E-state index contributed by atoms with van der Waals surface area (Å²) < 4.78 is 13.4. The van der Waals surface area contributed by atoms with Crippen LogP contribution in [-0.4, -0.2) is 28.8 Å². The fourth-order valence-electron chi connectivity index (χ4n) is 1.34. The van der Waals surface area contributed by atoms with Crippen molar-refractivity contribution < 1.29 is 19.4 Å². The SMILES string of the molecule is CC(CO)C(C)Nc1ccc(C(=O)O)c(F)c1. The van der Waals surface area contributed by atoms with E-state index in [2.05, 4.69) is 5.32 Å². The quantitative estimate of drug-likeness (QED) is 0.737. The van der Waals surface area contributed by atoms with Crippen molar-refractivity contribution in [2.45, 2.75) is 19.9 Å². The van der Waals surface area contributed by atoms with E-state index in [1.807, 2.05) is 13.8 Å². The van der Waals surface area contributed by atoms with Crippen molar-refractivity contribution in [3.05, 3.63) is 29.6 Å². The van der Waals surface area contributed by atoms with E-state index >= 15 is 0 Å². The smallest absolute Gasteiger partial charge is 0.338 e. The molecule has 0 aliphatic carbocycles. The first-order chi connectivity index (χ1) is 7.95. The number of benzene rings is 1. The van der Waals surface area contributed by atoms with Gasteiger partial charge in [0.2, 0.25) is 0 Å². The molecule has 1 rings (SSSR count). The third kappa shape index (κ3) is 3.42. The summed E-state index contributed by atoms with van der Waals surface area (Å²) in [6.45, 7) is 3.76.